The van der Waals surface area contributed by atoms with Gasteiger partial charge in [-0.25, -0.2) is 0 Å². The Hall–Kier alpha value is -3.99. The molecule has 0 radical (unpaired) electrons. The van der Waals surface area contributed by atoms with E-state index in [0.29, 0.717) is 24.0 Å². The minimum atomic E-state index is 0. The van der Waals surface area contributed by atoms with Gasteiger partial charge >= 0.3 is 11.6 Å². The van der Waals surface area contributed by atoms with E-state index in [9.17, 15) is 19.8 Å². The summed E-state index contributed by atoms with van der Waals surface area (Å²) in [5.41, 5.74) is 3.40. The van der Waals surface area contributed by atoms with Gasteiger partial charge in [0.25, 0.3) is 0 Å². The third-order valence-electron chi connectivity index (χ3n) is 5.20. The van der Waals surface area contributed by atoms with E-state index < -0.39 is 0 Å². The third-order valence-corrected chi connectivity index (χ3v) is 5.20. The molecule has 0 aliphatic carbocycles. The molecule has 0 aliphatic heterocycles. The number of carbonyl (C=O) groups excluding carboxylic acids is 2. The molecule has 184 valence electrons. The first-order valence-electron chi connectivity index (χ1n) is 11.6. The molecule has 0 spiro atoms. The molecule has 4 aromatic carbocycles. The molecule has 0 heterocycles. The predicted octanol–water partition coefficient (Wildman–Crippen LogP) is 6.53. The summed E-state index contributed by atoms with van der Waals surface area (Å²) < 4.78 is 0. The second-order valence-corrected chi connectivity index (χ2v) is 8.10. The molecular weight excluding hydrogens is 496 g/mol. The summed E-state index contributed by atoms with van der Waals surface area (Å²) in [6.45, 7) is 0. The molecule has 4 rings (SSSR count). The van der Waals surface area contributed by atoms with Crippen LogP contribution in [0.2, 0.25) is 0 Å². The zero-order valence-electron chi connectivity index (χ0n) is 20.4. The number of hydrogen-bond donors (Lipinski definition) is 2. The molecule has 4 nitrogen and oxygen atoms in total. The standard InChI is InChI=1S/2C16H14O2.Ti/c2*17-15(11-13-7-3-1-4-8-13)12-16(18)14-9-5-2-6-10-14;/h2*1-10,12,17H,11H2;/p+2/b2*15-12-;. The molecular formula is C32H30O4Ti+2. The predicted molar refractivity (Wildman–Crippen MR) is 147 cm³/mol. The van der Waals surface area contributed by atoms with Gasteiger partial charge in [-0.1, -0.05) is 97.1 Å². The molecule has 0 aliphatic rings. The molecule has 0 fully saturated rings. The summed E-state index contributed by atoms with van der Waals surface area (Å²) in [6.07, 6.45) is 3.61. The van der Waals surface area contributed by atoms with Crippen LogP contribution in [0, 0.1) is 0 Å². The minimum absolute atomic E-state index is 0. The normalized spacial score (nSPS) is 10.9. The van der Waals surface area contributed by atoms with Crippen LogP contribution in [-0.4, -0.2) is 31.4 Å². The van der Waals surface area contributed by atoms with Crippen LogP contribution in [0.5, 0.6) is 0 Å². The van der Waals surface area contributed by atoms with Gasteiger partial charge in [-0.3, -0.25) is 9.59 Å². The number of allylic oxidation sites excluding steroid dienone is 4. The van der Waals surface area contributed by atoms with Gasteiger partial charge in [0, 0.05) is 34.6 Å². The second kappa shape index (κ2) is 15.9. The maximum atomic E-state index is 9.85. The van der Waals surface area contributed by atoms with Gasteiger partial charge in [0.1, 0.15) is 11.5 Å². The molecule has 4 aromatic rings. The van der Waals surface area contributed by atoms with E-state index >= 15 is 0 Å². The van der Waals surface area contributed by atoms with Crippen molar-refractivity contribution in [3.63, 3.8) is 0 Å². The van der Waals surface area contributed by atoms with E-state index in [1.807, 2.05) is 97.1 Å². The van der Waals surface area contributed by atoms with E-state index in [2.05, 4.69) is 0 Å². The van der Waals surface area contributed by atoms with E-state index in [0.717, 1.165) is 11.1 Å². The zero-order chi connectivity index (χ0) is 25.6. The van der Waals surface area contributed by atoms with Gasteiger partial charge in [-0.15, -0.1) is 0 Å². The number of aliphatic hydroxyl groups excluding tert-OH is 2. The topological polar surface area (TPSA) is 83.3 Å². The van der Waals surface area contributed by atoms with E-state index in [-0.39, 0.29) is 44.8 Å². The molecule has 0 bridgehead atoms. The third kappa shape index (κ3) is 10.7. The van der Waals surface area contributed by atoms with Crippen molar-refractivity contribution in [2.75, 3.05) is 0 Å². The van der Waals surface area contributed by atoms with Crippen molar-refractivity contribution in [2.24, 2.45) is 0 Å². The van der Waals surface area contributed by atoms with Gasteiger partial charge in [0.05, 0.1) is 23.3 Å². The Morgan fingerprint density at radius 2 is 0.757 bits per heavy atom. The smallest absolute Gasteiger partial charge is 0.350 e. The Kier molecular flexibility index (Phi) is 12.6. The number of benzene rings is 4. The number of rotatable bonds is 8. The first kappa shape index (κ1) is 29.2. The summed E-state index contributed by atoms with van der Waals surface area (Å²) >= 11 is 0. The SMILES string of the molecule is O/C(=C\C(=[OH+])c1ccccc1)Cc1ccccc1.O/C(=C\C(=[OH+])c1ccccc1)Cc1ccccc1.[Ti]. The first-order chi connectivity index (χ1) is 17.5. The van der Waals surface area contributed by atoms with Gasteiger partial charge < -0.3 is 10.2 Å². The Morgan fingerprint density at radius 1 is 0.486 bits per heavy atom. The summed E-state index contributed by atoms with van der Waals surface area (Å²) in [4.78, 5) is 19.7. The molecule has 4 N–H and O–H groups in total. The van der Waals surface area contributed by atoms with Crippen LogP contribution in [-0.2, 0) is 34.6 Å². The van der Waals surface area contributed by atoms with Crippen molar-refractivity contribution in [1.29, 1.82) is 0 Å². The number of hydrogen-bond acceptors (Lipinski definition) is 2. The van der Waals surface area contributed by atoms with E-state index in [1.54, 1.807) is 24.3 Å². The average Bonchev–Trinajstić information content (AvgIpc) is 2.91. The van der Waals surface area contributed by atoms with Gasteiger partial charge in [0.2, 0.25) is 0 Å². The second-order valence-electron chi connectivity index (χ2n) is 8.10. The van der Waals surface area contributed by atoms with Gasteiger partial charge in [0.15, 0.2) is 0 Å². The monoisotopic (exact) mass is 526 g/mol. The minimum Gasteiger partial charge on any atom is -0.512 e. The first-order valence-corrected chi connectivity index (χ1v) is 11.6. The number of ketones is 2. The van der Waals surface area contributed by atoms with Crippen molar-refractivity contribution in [1.82, 2.24) is 0 Å². The molecule has 0 unspecified atom stereocenters. The summed E-state index contributed by atoms with van der Waals surface area (Å²) in [5.74, 6) is 0.429. The van der Waals surface area contributed by atoms with Crippen LogP contribution in [0.1, 0.15) is 22.3 Å². The van der Waals surface area contributed by atoms with Crippen LogP contribution in [0.15, 0.2) is 145 Å². The molecule has 5 heteroatoms. The average molecular weight is 526 g/mol. The molecule has 0 amide bonds. The van der Waals surface area contributed by atoms with Gasteiger partial charge in [-0.05, 0) is 35.4 Å². The fourth-order valence-electron chi connectivity index (χ4n) is 3.41. The fraction of sp³-hybridized carbons (Fsp3) is 0.0625. The quantitative estimate of drug-likeness (QED) is 0.0900. The summed E-state index contributed by atoms with van der Waals surface area (Å²) in [7, 11) is 0. The van der Waals surface area contributed by atoms with Crippen LogP contribution in [0.3, 0.4) is 0 Å². The maximum Gasteiger partial charge on any atom is 0.350 e. The van der Waals surface area contributed by atoms with Crippen LogP contribution in [0.4, 0.5) is 0 Å². The van der Waals surface area contributed by atoms with Crippen molar-refractivity contribution >= 4 is 11.6 Å². The maximum absolute atomic E-state index is 9.85. The Balaban J connectivity index is 0.000000253. The zero-order valence-corrected chi connectivity index (χ0v) is 22.0. The Bertz CT molecular complexity index is 1200. The van der Waals surface area contributed by atoms with E-state index in [4.69, 9.17) is 0 Å². The van der Waals surface area contributed by atoms with E-state index in [1.165, 1.54) is 12.2 Å². The molecule has 0 atom stereocenters. The summed E-state index contributed by atoms with van der Waals surface area (Å²) in [5, 5.41) is 19.6. The van der Waals surface area contributed by atoms with Crippen LogP contribution < -0.4 is 0 Å². The van der Waals surface area contributed by atoms with Crippen molar-refractivity contribution < 1.29 is 41.5 Å². The van der Waals surface area contributed by atoms with Crippen molar-refractivity contribution in [3.8, 4) is 0 Å². The Morgan fingerprint density at radius 3 is 1.05 bits per heavy atom. The van der Waals surface area contributed by atoms with Crippen molar-refractivity contribution in [2.45, 2.75) is 12.8 Å². The van der Waals surface area contributed by atoms with Gasteiger partial charge in [-0.2, -0.15) is 0 Å². The Labute approximate surface area is 232 Å². The molecule has 0 saturated heterocycles. The van der Waals surface area contributed by atoms with Crippen LogP contribution >= 0.6 is 0 Å². The van der Waals surface area contributed by atoms with Crippen LogP contribution in [0.25, 0.3) is 0 Å². The fourth-order valence-corrected chi connectivity index (χ4v) is 3.41. The largest absolute Gasteiger partial charge is 0.512 e. The van der Waals surface area contributed by atoms with Crippen molar-refractivity contribution in [3.05, 3.63) is 167 Å². The molecule has 37 heavy (non-hydrogen) atoms. The molecule has 0 aromatic heterocycles. The molecule has 0 saturated carbocycles. The summed E-state index contributed by atoms with van der Waals surface area (Å²) in [6, 6.07) is 37.6. The number of aliphatic hydroxyl groups is 2.